The Morgan fingerprint density at radius 1 is 1.14 bits per heavy atom. The van der Waals surface area contributed by atoms with Crippen LogP contribution in [0.25, 0.3) is 0 Å². The van der Waals surface area contributed by atoms with Crippen molar-refractivity contribution < 1.29 is 19.5 Å². The Morgan fingerprint density at radius 2 is 1.86 bits per heavy atom. The quantitative estimate of drug-likeness (QED) is 0.801. The zero-order chi connectivity index (χ0) is 15.0. The molecule has 0 aromatic rings. The molecule has 0 spiro atoms. The summed E-state index contributed by atoms with van der Waals surface area (Å²) in [4.78, 5) is 37.1. The number of hydrogen-bond donors (Lipinski definition) is 2. The van der Waals surface area contributed by atoms with Gasteiger partial charge in [0.25, 0.3) is 0 Å². The number of aliphatic carboxylic acids is 1. The maximum absolute atomic E-state index is 12.3. The lowest BCUT2D eigenvalue weighted by Crippen LogP contribution is -2.42. The van der Waals surface area contributed by atoms with Crippen LogP contribution in [0.5, 0.6) is 0 Å². The summed E-state index contributed by atoms with van der Waals surface area (Å²) in [6.07, 6.45) is 5.17. The molecule has 0 aromatic carbocycles. The van der Waals surface area contributed by atoms with Gasteiger partial charge in [-0.3, -0.25) is 14.4 Å². The van der Waals surface area contributed by atoms with Gasteiger partial charge in [-0.1, -0.05) is 6.42 Å². The number of likely N-dealkylation sites (tertiary alicyclic amines) is 1. The van der Waals surface area contributed by atoms with E-state index in [4.69, 9.17) is 5.11 Å². The van der Waals surface area contributed by atoms with E-state index in [1.165, 1.54) is 0 Å². The summed E-state index contributed by atoms with van der Waals surface area (Å²) in [7, 11) is 0. The number of rotatable bonds is 4. The molecule has 3 rings (SSSR count). The van der Waals surface area contributed by atoms with Crippen molar-refractivity contribution in [3.05, 3.63) is 0 Å². The topological polar surface area (TPSA) is 86.7 Å². The Labute approximate surface area is 123 Å². The van der Waals surface area contributed by atoms with Crippen LogP contribution in [0.4, 0.5) is 0 Å². The lowest BCUT2D eigenvalue weighted by atomic mass is 9.81. The molecule has 2 saturated carbocycles. The maximum Gasteiger partial charge on any atom is 0.306 e. The van der Waals surface area contributed by atoms with Gasteiger partial charge in [0, 0.05) is 24.9 Å². The van der Waals surface area contributed by atoms with Crippen molar-refractivity contribution in [3.63, 3.8) is 0 Å². The van der Waals surface area contributed by atoms with Crippen molar-refractivity contribution in [3.8, 4) is 0 Å². The molecule has 21 heavy (non-hydrogen) atoms. The Bertz CT molecular complexity index is 461. The molecule has 3 fully saturated rings. The second kappa shape index (κ2) is 5.66. The average Bonchev–Trinajstić information content (AvgIpc) is 3.23. The molecule has 2 amide bonds. The number of amides is 2. The van der Waals surface area contributed by atoms with Crippen LogP contribution < -0.4 is 5.32 Å². The fraction of sp³-hybridized carbons (Fsp3) is 0.800. The van der Waals surface area contributed by atoms with E-state index in [2.05, 4.69) is 5.32 Å². The van der Waals surface area contributed by atoms with Crippen LogP contribution in [0.3, 0.4) is 0 Å². The maximum atomic E-state index is 12.3. The van der Waals surface area contributed by atoms with Gasteiger partial charge in [0.15, 0.2) is 0 Å². The average molecular weight is 294 g/mol. The fourth-order valence-electron chi connectivity index (χ4n) is 3.54. The fourth-order valence-corrected chi connectivity index (χ4v) is 3.54. The largest absolute Gasteiger partial charge is 0.481 e. The van der Waals surface area contributed by atoms with E-state index < -0.39 is 11.9 Å². The molecule has 0 bridgehead atoms. The minimum absolute atomic E-state index is 0.0728. The van der Waals surface area contributed by atoms with Crippen molar-refractivity contribution in [2.75, 3.05) is 6.54 Å². The van der Waals surface area contributed by atoms with E-state index in [1.807, 2.05) is 4.90 Å². The van der Waals surface area contributed by atoms with Crippen molar-refractivity contribution in [1.82, 2.24) is 10.2 Å². The van der Waals surface area contributed by atoms with Gasteiger partial charge in [-0.2, -0.15) is 0 Å². The van der Waals surface area contributed by atoms with Crippen LogP contribution in [0.2, 0.25) is 0 Å². The first-order valence-electron chi connectivity index (χ1n) is 7.87. The SMILES string of the molecule is O=C(O)C1CCCC(C(=O)NC2CC(=O)N(C3CC3)C2)C1. The standard InChI is InChI=1S/C15H22N2O4/c18-13-7-11(8-17(13)12-4-5-12)16-14(19)9-2-1-3-10(6-9)15(20)21/h9-12H,1-8H2,(H,16,19)(H,20,21). The highest BCUT2D eigenvalue weighted by Crippen LogP contribution is 2.32. The van der Waals surface area contributed by atoms with Crippen LogP contribution >= 0.6 is 0 Å². The van der Waals surface area contributed by atoms with Crippen molar-refractivity contribution in [2.24, 2.45) is 11.8 Å². The number of carbonyl (C=O) groups excluding carboxylic acids is 2. The summed E-state index contributed by atoms with van der Waals surface area (Å²) in [6.45, 7) is 0.615. The smallest absolute Gasteiger partial charge is 0.306 e. The molecule has 1 heterocycles. The Morgan fingerprint density at radius 3 is 2.52 bits per heavy atom. The molecule has 2 N–H and O–H groups in total. The van der Waals surface area contributed by atoms with Crippen molar-refractivity contribution >= 4 is 17.8 Å². The number of carbonyl (C=O) groups is 3. The lowest BCUT2D eigenvalue weighted by molar-refractivity contribution is -0.144. The first-order chi connectivity index (χ1) is 10.0. The van der Waals surface area contributed by atoms with Crippen LogP contribution in [0.15, 0.2) is 0 Å². The van der Waals surface area contributed by atoms with Gasteiger partial charge in [-0.25, -0.2) is 0 Å². The van der Waals surface area contributed by atoms with Gasteiger partial charge in [0.2, 0.25) is 11.8 Å². The molecule has 3 unspecified atom stereocenters. The Hall–Kier alpha value is -1.59. The highest BCUT2D eigenvalue weighted by Gasteiger charge is 2.40. The third kappa shape index (κ3) is 3.19. The third-order valence-corrected chi connectivity index (χ3v) is 4.89. The summed E-state index contributed by atoms with van der Waals surface area (Å²) in [5.41, 5.74) is 0. The minimum atomic E-state index is -0.802. The number of nitrogens with one attached hydrogen (secondary N) is 1. The lowest BCUT2D eigenvalue weighted by Gasteiger charge is -2.27. The van der Waals surface area contributed by atoms with E-state index in [0.717, 1.165) is 25.7 Å². The summed E-state index contributed by atoms with van der Waals surface area (Å²) in [6, 6.07) is 0.293. The molecular formula is C15H22N2O4. The molecule has 1 aliphatic heterocycles. The number of hydrogen-bond acceptors (Lipinski definition) is 3. The van der Waals surface area contributed by atoms with Gasteiger partial charge in [-0.15, -0.1) is 0 Å². The molecular weight excluding hydrogens is 272 g/mol. The van der Waals surface area contributed by atoms with Gasteiger partial charge >= 0.3 is 5.97 Å². The zero-order valence-corrected chi connectivity index (χ0v) is 12.1. The molecule has 2 aliphatic carbocycles. The summed E-state index contributed by atoms with van der Waals surface area (Å²) < 4.78 is 0. The molecule has 3 aliphatic rings. The highest BCUT2D eigenvalue weighted by molar-refractivity contribution is 5.84. The Kier molecular flexibility index (Phi) is 3.87. The third-order valence-electron chi connectivity index (χ3n) is 4.89. The van der Waals surface area contributed by atoms with Crippen LogP contribution in [-0.4, -0.2) is 46.4 Å². The molecule has 116 valence electrons. The van der Waals surface area contributed by atoms with Crippen molar-refractivity contribution in [2.45, 2.75) is 57.0 Å². The first-order valence-corrected chi connectivity index (χ1v) is 7.87. The molecule has 3 atom stereocenters. The Balaban J connectivity index is 1.52. The van der Waals surface area contributed by atoms with Gasteiger partial charge in [0.1, 0.15) is 0 Å². The molecule has 0 radical (unpaired) electrons. The minimum Gasteiger partial charge on any atom is -0.481 e. The molecule has 6 heteroatoms. The normalized spacial score (nSPS) is 33.0. The van der Waals surface area contributed by atoms with Gasteiger partial charge in [-0.05, 0) is 32.1 Å². The van der Waals surface area contributed by atoms with Crippen molar-refractivity contribution in [1.29, 1.82) is 0 Å². The zero-order valence-electron chi connectivity index (χ0n) is 12.1. The van der Waals surface area contributed by atoms with E-state index in [-0.39, 0.29) is 23.8 Å². The number of carboxylic acids is 1. The molecule has 1 saturated heterocycles. The second-order valence-electron chi connectivity index (χ2n) is 6.59. The second-order valence-corrected chi connectivity index (χ2v) is 6.59. The number of carboxylic acid groups (broad SMARTS) is 1. The van der Waals surface area contributed by atoms with Crippen LogP contribution in [0, 0.1) is 11.8 Å². The van der Waals surface area contributed by atoms with E-state index in [1.54, 1.807) is 0 Å². The van der Waals surface area contributed by atoms with E-state index in [9.17, 15) is 14.4 Å². The van der Waals surface area contributed by atoms with Gasteiger partial charge in [0.05, 0.1) is 12.0 Å². The van der Waals surface area contributed by atoms with E-state index in [0.29, 0.717) is 31.8 Å². The summed E-state index contributed by atoms with van der Waals surface area (Å²) >= 11 is 0. The summed E-state index contributed by atoms with van der Waals surface area (Å²) in [5.74, 6) is -1.36. The highest BCUT2D eigenvalue weighted by atomic mass is 16.4. The molecule has 6 nitrogen and oxygen atoms in total. The molecule has 0 aromatic heterocycles. The predicted octanol–water partition coefficient (Wildman–Crippen LogP) is 0.757. The summed E-state index contributed by atoms with van der Waals surface area (Å²) in [5, 5.41) is 12.0. The van der Waals surface area contributed by atoms with E-state index >= 15 is 0 Å². The number of nitrogens with zero attached hydrogens (tertiary/aromatic N) is 1. The monoisotopic (exact) mass is 294 g/mol. The first kappa shape index (κ1) is 14.4. The predicted molar refractivity (Wildman–Crippen MR) is 74.4 cm³/mol. The van der Waals surface area contributed by atoms with Gasteiger partial charge < -0.3 is 15.3 Å². The van der Waals surface area contributed by atoms with Crippen LogP contribution in [-0.2, 0) is 14.4 Å². The van der Waals surface area contributed by atoms with Crippen LogP contribution in [0.1, 0.15) is 44.9 Å².